The third kappa shape index (κ3) is 3.91. The molecular weight excluding hydrogens is 398 g/mol. The molecule has 1 aromatic heterocycles. The summed E-state index contributed by atoms with van der Waals surface area (Å²) < 4.78 is 1.00. The van der Waals surface area contributed by atoms with Crippen molar-refractivity contribution in [3.63, 3.8) is 0 Å². The molecule has 1 fully saturated rings. The van der Waals surface area contributed by atoms with Gasteiger partial charge < -0.3 is 0 Å². The van der Waals surface area contributed by atoms with Gasteiger partial charge in [0.05, 0.1) is 4.91 Å². The van der Waals surface area contributed by atoms with Gasteiger partial charge in [0, 0.05) is 17.2 Å². The first-order chi connectivity index (χ1) is 12.1. The van der Waals surface area contributed by atoms with Gasteiger partial charge in [-0.25, -0.2) is 9.98 Å². The highest BCUT2D eigenvalue weighted by Gasteiger charge is 2.34. The van der Waals surface area contributed by atoms with Crippen molar-refractivity contribution in [3.05, 3.63) is 76.3 Å². The minimum atomic E-state index is -0.0556. The normalized spacial score (nSPS) is 17.9. The van der Waals surface area contributed by atoms with Gasteiger partial charge in [-0.05, 0) is 54.1 Å². The van der Waals surface area contributed by atoms with Crippen LogP contribution < -0.4 is 0 Å². The smallest absolute Gasteiger partial charge is 0.267 e. The number of pyridine rings is 1. The molecule has 4 nitrogen and oxygen atoms in total. The summed E-state index contributed by atoms with van der Waals surface area (Å²) in [4.78, 5) is 23.9. The maximum Gasteiger partial charge on any atom is 0.267 e. The zero-order valence-corrected chi connectivity index (χ0v) is 16.0. The summed E-state index contributed by atoms with van der Waals surface area (Å²) in [6, 6.07) is 13.4. The molecule has 6 heteroatoms. The number of amides is 1. The van der Waals surface area contributed by atoms with Gasteiger partial charge in [0.1, 0.15) is 0 Å². The third-order valence-corrected chi connectivity index (χ3v) is 5.36. The molecule has 2 aromatic rings. The van der Waals surface area contributed by atoms with Crippen LogP contribution in [0, 0.1) is 0 Å². The molecule has 1 aromatic carbocycles. The number of aliphatic imine (C=N–C) groups is 1. The Kier molecular flexibility index (Phi) is 5.50. The predicted octanol–water partition coefficient (Wildman–Crippen LogP) is 5.02. The molecular formula is C19H16BrN3OS. The lowest BCUT2D eigenvalue weighted by Gasteiger charge is -2.12. The number of hydrogen-bond donors (Lipinski definition) is 0. The van der Waals surface area contributed by atoms with Crippen molar-refractivity contribution in [1.29, 1.82) is 0 Å². The zero-order chi connectivity index (χ0) is 17.8. The summed E-state index contributed by atoms with van der Waals surface area (Å²) in [5, 5.41) is 0.620. The highest BCUT2D eigenvalue weighted by Crippen LogP contribution is 2.37. The summed E-state index contributed by atoms with van der Waals surface area (Å²) in [6.07, 6.45) is 3.38. The Balaban J connectivity index is 2.01. The molecule has 1 aliphatic rings. The zero-order valence-electron chi connectivity index (χ0n) is 13.6. The standard InChI is InChI=1S/C19H16BrN3OS/c1-3-12-23-18(24)17(13(2)14-7-9-15(20)10-8-14)25-19(23)22-16-6-4-5-11-21-16/h3-11H,1,12H2,2H3/b17-13-,22-19+. The number of allylic oxidation sites excluding steroid dienone is 1. The second-order valence-electron chi connectivity index (χ2n) is 5.35. The minimum Gasteiger partial charge on any atom is -0.282 e. The first kappa shape index (κ1) is 17.6. The lowest BCUT2D eigenvalue weighted by atomic mass is 10.1. The topological polar surface area (TPSA) is 45.6 Å². The molecule has 1 aliphatic heterocycles. The van der Waals surface area contributed by atoms with Crippen LogP contribution in [0.2, 0.25) is 0 Å². The molecule has 1 saturated heterocycles. The van der Waals surface area contributed by atoms with Crippen LogP contribution in [0.15, 0.2) is 75.7 Å². The van der Waals surface area contributed by atoms with Gasteiger partial charge in [-0.1, -0.05) is 40.2 Å². The maximum atomic E-state index is 12.9. The predicted molar refractivity (Wildman–Crippen MR) is 108 cm³/mol. The van der Waals surface area contributed by atoms with E-state index in [-0.39, 0.29) is 5.91 Å². The summed E-state index contributed by atoms with van der Waals surface area (Å²) in [6.45, 7) is 6.11. The summed E-state index contributed by atoms with van der Waals surface area (Å²) >= 11 is 4.81. The van der Waals surface area contributed by atoms with Crippen LogP contribution in [-0.4, -0.2) is 27.5 Å². The largest absolute Gasteiger partial charge is 0.282 e. The van der Waals surface area contributed by atoms with Crippen LogP contribution in [0.3, 0.4) is 0 Å². The van der Waals surface area contributed by atoms with Gasteiger partial charge in [0.2, 0.25) is 0 Å². The molecule has 126 valence electrons. The number of benzene rings is 1. The first-order valence-corrected chi connectivity index (χ1v) is 9.28. The minimum absolute atomic E-state index is 0.0556. The maximum absolute atomic E-state index is 12.9. The molecule has 0 saturated carbocycles. The fraction of sp³-hybridized carbons (Fsp3) is 0.105. The number of carbonyl (C=O) groups excluding carboxylic acids is 1. The number of aromatic nitrogens is 1. The molecule has 1 amide bonds. The van der Waals surface area contributed by atoms with Crippen molar-refractivity contribution < 1.29 is 4.79 Å². The summed E-state index contributed by atoms with van der Waals surface area (Å²) in [5.74, 6) is 0.523. The van der Waals surface area contributed by atoms with Gasteiger partial charge >= 0.3 is 0 Å². The summed E-state index contributed by atoms with van der Waals surface area (Å²) in [7, 11) is 0. The number of amidine groups is 1. The monoisotopic (exact) mass is 413 g/mol. The molecule has 2 heterocycles. The Hall–Kier alpha value is -2.18. The third-order valence-electron chi connectivity index (χ3n) is 3.65. The van der Waals surface area contributed by atoms with Crippen molar-refractivity contribution in [2.45, 2.75) is 6.92 Å². The van der Waals surface area contributed by atoms with Gasteiger partial charge in [0.15, 0.2) is 11.0 Å². The van der Waals surface area contributed by atoms with E-state index in [2.05, 4.69) is 32.5 Å². The highest BCUT2D eigenvalue weighted by atomic mass is 79.9. The van der Waals surface area contributed by atoms with Crippen molar-refractivity contribution in [2.24, 2.45) is 4.99 Å². The van der Waals surface area contributed by atoms with Crippen LogP contribution in [0.25, 0.3) is 5.57 Å². The first-order valence-electron chi connectivity index (χ1n) is 7.67. The van der Waals surface area contributed by atoms with E-state index >= 15 is 0 Å². The molecule has 0 N–H and O–H groups in total. The van der Waals surface area contributed by atoms with Gasteiger partial charge in [-0.2, -0.15) is 0 Å². The van der Waals surface area contributed by atoms with E-state index in [0.29, 0.717) is 22.4 Å². The Morgan fingerprint density at radius 2 is 2.08 bits per heavy atom. The lowest BCUT2D eigenvalue weighted by molar-refractivity contribution is -0.121. The number of nitrogens with zero attached hydrogens (tertiary/aromatic N) is 3. The molecule has 0 spiro atoms. The van der Waals surface area contributed by atoms with Crippen molar-refractivity contribution in [1.82, 2.24) is 9.88 Å². The second kappa shape index (κ2) is 7.80. The molecule has 0 radical (unpaired) electrons. The average molecular weight is 414 g/mol. The van der Waals surface area contributed by atoms with E-state index in [0.717, 1.165) is 15.6 Å². The van der Waals surface area contributed by atoms with E-state index < -0.39 is 0 Å². The number of hydrogen-bond acceptors (Lipinski definition) is 4. The van der Waals surface area contributed by atoms with E-state index in [9.17, 15) is 4.79 Å². The second-order valence-corrected chi connectivity index (χ2v) is 7.24. The molecule has 0 unspecified atom stereocenters. The Bertz CT molecular complexity index is 860. The lowest BCUT2D eigenvalue weighted by Crippen LogP contribution is -2.29. The molecule has 0 atom stereocenters. The molecule has 25 heavy (non-hydrogen) atoms. The molecule has 3 rings (SSSR count). The van der Waals surface area contributed by atoms with Crippen LogP contribution in [0.1, 0.15) is 12.5 Å². The van der Waals surface area contributed by atoms with E-state index in [4.69, 9.17) is 0 Å². The van der Waals surface area contributed by atoms with Crippen LogP contribution in [0.4, 0.5) is 5.82 Å². The van der Waals surface area contributed by atoms with Gasteiger partial charge in [-0.15, -0.1) is 6.58 Å². The highest BCUT2D eigenvalue weighted by molar-refractivity contribution is 9.10. The SMILES string of the molecule is C=CCN1C(=O)/C(=C(\C)c2ccc(Br)cc2)S/C1=N/c1ccccn1. The summed E-state index contributed by atoms with van der Waals surface area (Å²) in [5.41, 5.74) is 1.94. The fourth-order valence-electron chi connectivity index (χ4n) is 2.36. The number of carbonyl (C=O) groups is 1. The quantitative estimate of drug-likeness (QED) is 0.521. The van der Waals surface area contributed by atoms with E-state index in [1.165, 1.54) is 11.8 Å². The van der Waals surface area contributed by atoms with Gasteiger partial charge in [0.25, 0.3) is 5.91 Å². The number of thioether (sulfide) groups is 1. The van der Waals surface area contributed by atoms with Crippen molar-refractivity contribution >= 4 is 50.2 Å². The fourth-order valence-corrected chi connectivity index (χ4v) is 3.68. The molecule has 0 aliphatic carbocycles. The van der Waals surface area contributed by atoms with E-state index in [1.807, 2.05) is 49.4 Å². The molecule has 0 bridgehead atoms. The number of halogens is 1. The van der Waals surface area contributed by atoms with Crippen LogP contribution in [0.5, 0.6) is 0 Å². The Morgan fingerprint density at radius 1 is 1.32 bits per heavy atom. The van der Waals surface area contributed by atoms with Crippen molar-refractivity contribution in [3.8, 4) is 0 Å². The Morgan fingerprint density at radius 3 is 2.72 bits per heavy atom. The van der Waals surface area contributed by atoms with Gasteiger partial charge in [-0.3, -0.25) is 9.69 Å². The van der Waals surface area contributed by atoms with E-state index in [1.54, 1.807) is 17.2 Å². The number of rotatable bonds is 4. The van der Waals surface area contributed by atoms with Crippen LogP contribution >= 0.6 is 27.7 Å². The van der Waals surface area contributed by atoms with Crippen LogP contribution in [-0.2, 0) is 4.79 Å². The van der Waals surface area contributed by atoms with Crippen molar-refractivity contribution in [2.75, 3.05) is 6.54 Å². The average Bonchev–Trinajstić information content (AvgIpc) is 2.92. The Labute approximate surface area is 159 Å².